The summed E-state index contributed by atoms with van der Waals surface area (Å²) in [5.41, 5.74) is 2.63. The normalized spacial score (nSPS) is 14.1. The highest BCUT2D eigenvalue weighted by molar-refractivity contribution is 5.87. The average Bonchev–Trinajstić information content (AvgIpc) is 3.55. The van der Waals surface area contributed by atoms with Crippen molar-refractivity contribution in [2.45, 2.75) is 44.4 Å². The average molecular weight is 582 g/mol. The van der Waals surface area contributed by atoms with E-state index in [1.165, 1.54) is 31.4 Å². The molecule has 1 fully saturated rings. The maximum Gasteiger partial charge on any atom is 0.310 e. The third kappa shape index (κ3) is 5.98. The fourth-order valence-corrected chi connectivity index (χ4v) is 5.82. The summed E-state index contributed by atoms with van der Waals surface area (Å²) in [6.07, 6.45) is 1.46. The Morgan fingerprint density at radius 1 is 0.860 bits per heavy atom. The quantitative estimate of drug-likeness (QED) is 0.172. The molecule has 1 atom stereocenters. The van der Waals surface area contributed by atoms with Gasteiger partial charge < -0.3 is 9.47 Å². The van der Waals surface area contributed by atoms with Crippen LogP contribution in [0.25, 0.3) is 33.2 Å². The number of pyridine rings is 1. The van der Waals surface area contributed by atoms with Crippen LogP contribution in [0, 0.1) is 11.6 Å². The SMILES string of the molecule is COC(=O)Cc1c(-c2ccc(F)cc2)nc(OC2CCCC2)c(C(F)c2ccc3ccccc3c2)c1-c1ccc(F)cc1. The third-order valence-corrected chi connectivity index (χ3v) is 8.00. The molecule has 1 heterocycles. The summed E-state index contributed by atoms with van der Waals surface area (Å²) in [4.78, 5) is 17.7. The first-order chi connectivity index (χ1) is 20.9. The maximum absolute atomic E-state index is 17.2. The molecule has 7 heteroatoms. The first-order valence-electron chi connectivity index (χ1n) is 14.4. The number of carbonyl (C=O) groups is 1. The number of rotatable bonds is 8. The molecular formula is C36H30F3NO3. The molecular weight excluding hydrogens is 551 g/mol. The Morgan fingerprint density at radius 3 is 2.14 bits per heavy atom. The van der Waals surface area contributed by atoms with Crippen molar-refractivity contribution in [2.24, 2.45) is 0 Å². The number of hydrogen-bond donors (Lipinski definition) is 0. The van der Waals surface area contributed by atoms with Crippen molar-refractivity contribution in [2.75, 3.05) is 7.11 Å². The highest BCUT2D eigenvalue weighted by atomic mass is 19.1. The monoisotopic (exact) mass is 581 g/mol. The van der Waals surface area contributed by atoms with Crippen LogP contribution in [0.2, 0.25) is 0 Å². The van der Waals surface area contributed by atoms with Crippen LogP contribution in [0.3, 0.4) is 0 Å². The van der Waals surface area contributed by atoms with Crippen LogP contribution in [-0.4, -0.2) is 24.2 Å². The molecule has 1 aliphatic rings. The third-order valence-electron chi connectivity index (χ3n) is 8.00. The van der Waals surface area contributed by atoms with Crippen LogP contribution in [0.15, 0.2) is 91.0 Å². The molecule has 0 N–H and O–H groups in total. The molecule has 1 aliphatic carbocycles. The summed E-state index contributed by atoms with van der Waals surface area (Å²) in [5, 5.41) is 1.84. The van der Waals surface area contributed by atoms with Crippen LogP contribution in [0.5, 0.6) is 5.88 Å². The van der Waals surface area contributed by atoms with E-state index in [9.17, 15) is 13.6 Å². The topological polar surface area (TPSA) is 48.4 Å². The van der Waals surface area contributed by atoms with Gasteiger partial charge in [0.1, 0.15) is 17.7 Å². The van der Waals surface area contributed by atoms with Crippen molar-refractivity contribution < 1.29 is 27.4 Å². The number of carbonyl (C=O) groups excluding carboxylic acids is 1. The van der Waals surface area contributed by atoms with E-state index in [0.29, 0.717) is 33.5 Å². The van der Waals surface area contributed by atoms with Crippen molar-refractivity contribution in [1.82, 2.24) is 4.98 Å². The largest absolute Gasteiger partial charge is 0.474 e. The molecule has 6 rings (SSSR count). The Labute approximate surface area is 248 Å². The smallest absolute Gasteiger partial charge is 0.310 e. The van der Waals surface area contributed by atoms with Gasteiger partial charge in [0.15, 0.2) is 6.17 Å². The predicted octanol–water partition coefficient (Wildman–Crippen LogP) is 8.94. The molecule has 0 radical (unpaired) electrons. The summed E-state index contributed by atoms with van der Waals surface area (Å²) in [7, 11) is 1.27. The molecule has 0 amide bonds. The van der Waals surface area contributed by atoms with Crippen molar-refractivity contribution in [3.8, 4) is 28.3 Å². The van der Waals surface area contributed by atoms with E-state index in [0.717, 1.165) is 36.5 Å². The summed E-state index contributed by atoms with van der Waals surface area (Å²) in [6.45, 7) is 0. The molecule has 1 unspecified atom stereocenters. The van der Waals surface area contributed by atoms with E-state index in [1.54, 1.807) is 36.4 Å². The van der Waals surface area contributed by atoms with E-state index < -0.39 is 23.8 Å². The van der Waals surface area contributed by atoms with Crippen molar-refractivity contribution in [3.05, 3.63) is 119 Å². The van der Waals surface area contributed by atoms with Gasteiger partial charge in [0.25, 0.3) is 0 Å². The Balaban J connectivity index is 1.67. The van der Waals surface area contributed by atoms with Crippen molar-refractivity contribution >= 4 is 16.7 Å². The predicted molar refractivity (Wildman–Crippen MR) is 161 cm³/mol. The minimum absolute atomic E-state index is 0.0971. The van der Waals surface area contributed by atoms with E-state index in [-0.39, 0.29) is 24.0 Å². The van der Waals surface area contributed by atoms with Gasteiger partial charge in [-0.1, -0.05) is 48.5 Å². The van der Waals surface area contributed by atoms with Gasteiger partial charge in [-0.05, 0) is 101 Å². The lowest BCUT2D eigenvalue weighted by Crippen LogP contribution is -2.18. The van der Waals surface area contributed by atoms with E-state index in [1.807, 2.05) is 30.3 Å². The zero-order valence-electron chi connectivity index (χ0n) is 23.7. The molecule has 0 spiro atoms. The van der Waals surface area contributed by atoms with Gasteiger partial charge >= 0.3 is 5.97 Å². The maximum atomic E-state index is 17.2. The van der Waals surface area contributed by atoms with E-state index in [4.69, 9.17) is 14.5 Å². The van der Waals surface area contributed by atoms with Crippen LogP contribution >= 0.6 is 0 Å². The van der Waals surface area contributed by atoms with Gasteiger partial charge in [-0.25, -0.2) is 18.2 Å². The minimum atomic E-state index is -1.70. The lowest BCUT2D eigenvalue weighted by molar-refractivity contribution is -0.139. The number of benzene rings is 4. The number of alkyl halides is 1. The zero-order chi connectivity index (χ0) is 29.9. The summed E-state index contributed by atoms with van der Waals surface area (Å²) >= 11 is 0. The second-order valence-corrected chi connectivity index (χ2v) is 10.8. The van der Waals surface area contributed by atoms with Gasteiger partial charge in [-0.15, -0.1) is 0 Å². The van der Waals surface area contributed by atoms with Gasteiger partial charge in [-0.3, -0.25) is 4.79 Å². The molecule has 0 aliphatic heterocycles. The molecule has 43 heavy (non-hydrogen) atoms. The number of nitrogens with zero attached hydrogens (tertiary/aromatic N) is 1. The Hall–Kier alpha value is -4.65. The minimum Gasteiger partial charge on any atom is -0.474 e. The van der Waals surface area contributed by atoms with Crippen molar-refractivity contribution in [1.29, 1.82) is 0 Å². The molecule has 1 saturated carbocycles. The Morgan fingerprint density at radius 2 is 1.49 bits per heavy atom. The number of hydrogen-bond acceptors (Lipinski definition) is 4. The Kier molecular flexibility index (Phi) is 8.14. The molecule has 218 valence electrons. The zero-order valence-corrected chi connectivity index (χ0v) is 23.7. The second-order valence-electron chi connectivity index (χ2n) is 10.8. The van der Waals surface area contributed by atoms with Gasteiger partial charge in [0.2, 0.25) is 5.88 Å². The van der Waals surface area contributed by atoms with Gasteiger partial charge in [0.05, 0.1) is 24.8 Å². The standard InChI is InChI=1S/C36H30F3NO3/c1-42-31(41)21-30-32(23-12-16-27(37)17-13-23)33(34(39)26-11-10-22-6-2-3-7-25(22)20-26)36(43-29-8-4-5-9-29)40-35(30)24-14-18-28(38)19-15-24/h2-3,6-7,10-20,29,34H,4-5,8-9,21H2,1H3. The molecule has 4 nitrogen and oxygen atoms in total. The van der Waals surface area contributed by atoms with E-state index in [2.05, 4.69) is 0 Å². The fraction of sp³-hybridized carbons (Fsp3) is 0.222. The number of esters is 1. The van der Waals surface area contributed by atoms with Crippen LogP contribution in [0.4, 0.5) is 13.2 Å². The highest BCUT2D eigenvalue weighted by Gasteiger charge is 2.32. The first kappa shape index (κ1) is 28.5. The number of aromatic nitrogens is 1. The highest BCUT2D eigenvalue weighted by Crippen LogP contribution is 2.46. The summed E-state index contributed by atoms with van der Waals surface area (Å²) in [5.74, 6) is -1.36. The lowest BCUT2D eigenvalue weighted by atomic mass is 9.86. The first-order valence-corrected chi connectivity index (χ1v) is 14.4. The molecule has 0 saturated heterocycles. The van der Waals surface area contributed by atoms with E-state index >= 15 is 4.39 Å². The summed E-state index contributed by atoms with van der Waals surface area (Å²) < 4.78 is 56.8. The summed E-state index contributed by atoms with van der Waals surface area (Å²) in [6, 6.07) is 24.5. The van der Waals surface area contributed by atoms with Crippen LogP contribution in [-0.2, 0) is 16.0 Å². The number of methoxy groups -OCH3 is 1. The number of fused-ring (bicyclic) bond motifs is 1. The molecule has 5 aromatic rings. The fourth-order valence-electron chi connectivity index (χ4n) is 5.82. The van der Waals surface area contributed by atoms with Crippen LogP contribution in [0.1, 0.15) is 48.5 Å². The van der Waals surface area contributed by atoms with Gasteiger partial charge in [-0.2, -0.15) is 0 Å². The Bertz CT molecular complexity index is 1760. The number of ether oxygens (including phenoxy) is 2. The van der Waals surface area contributed by atoms with Crippen molar-refractivity contribution in [3.63, 3.8) is 0 Å². The van der Waals surface area contributed by atoms with Crippen LogP contribution < -0.4 is 4.74 Å². The number of halogens is 3. The second kappa shape index (κ2) is 12.3. The molecule has 0 bridgehead atoms. The van der Waals surface area contributed by atoms with Gasteiger partial charge in [0, 0.05) is 5.56 Å². The molecule has 4 aromatic carbocycles. The molecule has 1 aromatic heterocycles. The lowest BCUT2D eigenvalue weighted by Gasteiger charge is -2.25.